The van der Waals surface area contributed by atoms with Gasteiger partial charge in [-0.05, 0) is 55.8 Å². The van der Waals surface area contributed by atoms with Crippen molar-refractivity contribution in [1.29, 1.82) is 0 Å². The summed E-state index contributed by atoms with van der Waals surface area (Å²) in [6.45, 7) is 3.00. The fourth-order valence-corrected chi connectivity index (χ4v) is 5.24. The van der Waals surface area contributed by atoms with Gasteiger partial charge in [-0.2, -0.15) is 0 Å². The first-order valence-electron chi connectivity index (χ1n) is 11.6. The Balaban J connectivity index is 2.04. The summed E-state index contributed by atoms with van der Waals surface area (Å²) in [6.07, 6.45) is 0. The number of ether oxygens (including phenoxy) is 1. The predicted octanol–water partition coefficient (Wildman–Crippen LogP) is 4.02. The van der Waals surface area contributed by atoms with E-state index in [0.717, 1.165) is 15.4 Å². The molecule has 0 aliphatic heterocycles. The maximum absolute atomic E-state index is 13.8. The van der Waals surface area contributed by atoms with Gasteiger partial charge in [0.1, 0.15) is 18.3 Å². The van der Waals surface area contributed by atoms with Crippen molar-refractivity contribution >= 4 is 39.1 Å². The van der Waals surface area contributed by atoms with Crippen molar-refractivity contribution in [2.24, 2.45) is 0 Å². The first-order chi connectivity index (χ1) is 17.6. The summed E-state index contributed by atoms with van der Waals surface area (Å²) in [7, 11) is -1.19. The molecular weight excluding hydrogens is 514 g/mol. The number of rotatable bonds is 10. The van der Waals surface area contributed by atoms with Crippen LogP contribution in [0.25, 0.3) is 0 Å². The van der Waals surface area contributed by atoms with Gasteiger partial charge in [0, 0.05) is 24.7 Å². The molecule has 1 N–H and O–H groups in total. The van der Waals surface area contributed by atoms with Crippen LogP contribution in [-0.2, 0) is 26.2 Å². The molecule has 0 bridgehead atoms. The molecule has 0 unspecified atom stereocenters. The van der Waals surface area contributed by atoms with Crippen molar-refractivity contribution in [3.63, 3.8) is 0 Å². The molecule has 0 aliphatic rings. The Bertz CT molecular complexity index is 1350. The van der Waals surface area contributed by atoms with E-state index in [1.165, 1.54) is 31.2 Å². The number of halogens is 1. The van der Waals surface area contributed by atoms with Crippen molar-refractivity contribution in [3.8, 4) is 5.75 Å². The van der Waals surface area contributed by atoms with E-state index in [1.54, 1.807) is 67.6 Å². The Hall–Kier alpha value is -3.56. The lowest BCUT2D eigenvalue weighted by Crippen LogP contribution is -2.50. The smallest absolute Gasteiger partial charge is 0.264 e. The van der Waals surface area contributed by atoms with Crippen LogP contribution in [0.4, 0.5) is 5.69 Å². The Labute approximate surface area is 222 Å². The van der Waals surface area contributed by atoms with E-state index in [0.29, 0.717) is 10.8 Å². The number of aryl methyl sites for hydroxylation is 1. The molecule has 196 valence electrons. The fraction of sp³-hybridized carbons (Fsp3) is 0.259. The second kappa shape index (κ2) is 12.1. The van der Waals surface area contributed by atoms with E-state index >= 15 is 0 Å². The summed E-state index contributed by atoms with van der Waals surface area (Å²) in [5.74, 6) is -0.494. The molecule has 0 aliphatic carbocycles. The van der Waals surface area contributed by atoms with E-state index in [9.17, 15) is 18.0 Å². The maximum Gasteiger partial charge on any atom is 0.264 e. The Morgan fingerprint density at radius 3 is 2.27 bits per heavy atom. The number of hydrogen-bond acceptors (Lipinski definition) is 5. The predicted molar refractivity (Wildman–Crippen MR) is 144 cm³/mol. The maximum atomic E-state index is 13.8. The molecule has 0 spiro atoms. The van der Waals surface area contributed by atoms with Gasteiger partial charge in [-0.15, -0.1) is 0 Å². The molecule has 10 heteroatoms. The average molecular weight is 544 g/mol. The Morgan fingerprint density at radius 1 is 1.03 bits per heavy atom. The minimum atomic E-state index is -4.14. The van der Waals surface area contributed by atoms with Crippen LogP contribution in [0.15, 0.2) is 77.7 Å². The lowest BCUT2D eigenvalue weighted by Gasteiger charge is -2.31. The van der Waals surface area contributed by atoms with Gasteiger partial charge in [0.2, 0.25) is 11.8 Å². The Kier molecular flexibility index (Phi) is 9.18. The number of methoxy groups -OCH3 is 1. The van der Waals surface area contributed by atoms with Crippen LogP contribution in [0.5, 0.6) is 5.75 Å². The molecule has 0 fully saturated rings. The highest BCUT2D eigenvalue weighted by Gasteiger charge is 2.32. The minimum Gasteiger partial charge on any atom is -0.497 e. The summed E-state index contributed by atoms with van der Waals surface area (Å²) in [5.41, 5.74) is 1.90. The third-order valence-corrected chi connectivity index (χ3v) is 7.95. The highest BCUT2D eigenvalue weighted by molar-refractivity contribution is 7.92. The quantitative estimate of drug-likeness (QED) is 0.417. The third kappa shape index (κ3) is 6.81. The Morgan fingerprint density at radius 2 is 1.68 bits per heavy atom. The SMILES string of the molecule is CNC(=O)[C@H](C)N(Cc1ccc(Cl)cc1)C(=O)CN(c1cccc(OC)c1)S(=O)(=O)c1ccc(C)cc1. The number of carbonyl (C=O) groups is 2. The molecular formula is C27H30ClN3O5S. The standard InChI is InChI=1S/C27H30ClN3O5S/c1-19-8-14-25(15-9-19)37(34,35)31(23-6-5-7-24(16-23)36-4)18-26(32)30(20(2)27(33)29-3)17-21-10-12-22(28)13-11-21/h5-16,20H,17-18H2,1-4H3,(H,29,33)/t20-/m0/s1. The molecule has 0 heterocycles. The van der Waals surface area contributed by atoms with Crippen LogP contribution in [0.3, 0.4) is 0 Å². The molecule has 3 aromatic rings. The average Bonchev–Trinajstić information content (AvgIpc) is 2.90. The summed E-state index contributed by atoms with van der Waals surface area (Å²) in [6, 6.07) is 18.9. The van der Waals surface area contributed by atoms with E-state index in [1.807, 2.05) is 6.92 Å². The zero-order chi connectivity index (χ0) is 27.2. The fourth-order valence-electron chi connectivity index (χ4n) is 3.71. The third-order valence-electron chi connectivity index (χ3n) is 5.91. The first-order valence-corrected chi connectivity index (χ1v) is 13.4. The monoisotopic (exact) mass is 543 g/mol. The molecule has 3 rings (SSSR count). The number of benzene rings is 3. The zero-order valence-corrected chi connectivity index (χ0v) is 22.7. The summed E-state index contributed by atoms with van der Waals surface area (Å²) >= 11 is 6.00. The van der Waals surface area contributed by atoms with Gasteiger partial charge in [-0.3, -0.25) is 13.9 Å². The van der Waals surface area contributed by atoms with E-state index in [-0.39, 0.29) is 23.0 Å². The lowest BCUT2D eigenvalue weighted by molar-refractivity contribution is -0.139. The minimum absolute atomic E-state index is 0.0392. The first kappa shape index (κ1) is 28.0. The van der Waals surface area contributed by atoms with E-state index in [2.05, 4.69) is 5.32 Å². The largest absolute Gasteiger partial charge is 0.497 e. The van der Waals surface area contributed by atoms with Crippen molar-refractivity contribution < 1.29 is 22.7 Å². The normalized spacial score (nSPS) is 11.9. The van der Waals surface area contributed by atoms with Gasteiger partial charge in [0.25, 0.3) is 10.0 Å². The molecule has 0 radical (unpaired) electrons. The number of amides is 2. The number of sulfonamides is 1. The van der Waals surface area contributed by atoms with Crippen molar-refractivity contribution in [1.82, 2.24) is 10.2 Å². The number of nitrogens with zero attached hydrogens (tertiary/aromatic N) is 2. The van der Waals surface area contributed by atoms with Crippen LogP contribution >= 0.6 is 11.6 Å². The molecule has 8 nitrogen and oxygen atoms in total. The summed E-state index contributed by atoms with van der Waals surface area (Å²) < 4.78 is 33.9. The number of nitrogens with one attached hydrogen (secondary N) is 1. The van der Waals surface area contributed by atoms with Crippen molar-refractivity contribution in [3.05, 3.63) is 88.9 Å². The number of anilines is 1. The van der Waals surface area contributed by atoms with Crippen molar-refractivity contribution in [2.75, 3.05) is 25.0 Å². The molecule has 0 saturated carbocycles. The topological polar surface area (TPSA) is 96.0 Å². The number of hydrogen-bond donors (Lipinski definition) is 1. The lowest BCUT2D eigenvalue weighted by atomic mass is 10.1. The summed E-state index contributed by atoms with van der Waals surface area (Å²) in [4.78, 5) is 27.6. The van der Waals surface area contributed by atoms with Crippen molar-refractivity contribution in [2.45, 2.75) is 31.3 Å². The highest BCUT2D eigenvalue weighted by atomic mass is 35.5. The van der Waals surface area contributed by atoms with Crippen LogP contribution in [0.2, 0.25) is 5.02 Å². The second-order valence-corrected chi connectivity index (χ2v) is 10.8. The van der Waals surface area contributed by atoms with Gasteiger partial charge in [0.05, 0.1) is 17.7 Å². The van der Waals surface area contributed by atoms with Crippen LogP contribution in [-0.4, -0.2) is 51.9 Å². The molecule has 3 aromatic carbocycles. The zero-order valence-electron chi connectivity index (χ0n) is 21.1. The molecule has 0 saturated heterocycles. The van der Waals surface area contributed by atoms with E-state index < -0.39 is 28.5 Å². The van der Waals surface area contributed by atoms with Crippen LogP contribution in [0.1, 0.15) is 18.1 Å². The highest BCUT2D eigenvalue weighted by Crippen LogP contribution is 2.28. The van der Waals surface area contributed by atoms with Gasteiger partial charge >= 0.3 is 0 Å². The summed E-state index contributed by atoms with van der Waals surface area (Å²) in [5, 5.41) is 3.09. The second-order valence-electron chi connectivity index (χ2n) is 8.46. The van der Waals surface area contributed by atoms with Crippen LogP contribution < -0.4 is 14.4 Å². The number of likely N-dealkylation sites (N-methyl/N-ethyl adjacent to an activating group) is 1. The molecule has 0 aromatic heterocycles. The van der Waals surface area contributed by atoms with E-state index in [4.69, 9.17) is 16.3 Å². The molecule has 2 amide bonds. The van der Waals surface area contributed by atoms with Crippen LogP contribution in [0, 0.1) is 6.92 Å². The number of carbonyl (C=O) groups excluding carboxylic acids is 2. The van der Waals surface area contributed by atoms with Gasteiger partial charge in [0.15, 0.2) is 0 Å². The van der Waals surface area contributed by atoms with Gasteiger partial charge in [-0.25, -0.2) is 8.42 Å². The molecule has 1 atom stereocenters. The van der Waals surface area contributed by atoms with Gasteiger partial charge < -0.3 is 15.0 Å². The molecule has 37 heavy (non-hydrogen) atoms. The van der Waals surface area contributed by atoms with Gasteiger partial charge in [-0.1, -0.05) is 47.5 Å².